The molecule has 1 rings (SSSR count). The van der Waals surface area contributed by atoms with E-state index in [0.717, 1.165) is 0 Å². The van der Waals surface area contributed by atoms with Gasteiger partial charge in [0.15, 0.2) is 0 Å². The van der Waals surface area contributed by atoms with Gasteiger partial charge < -0.3 is 0 Å². The largest absolute Gasteiger partial charge is 0.265 e. The Bertz CT molecular complexity index is 320. The lowest BCUT2D eigenvalue weighted by Crippen LogP contribution is -2.11. The van der Waals surface area contributed by atoms with Gasteiger partial charge in [0.05, 0.1) is 4.90 Å². The van der Waals surface area contributed by atoms with Gasteiger partial charge in [-0.25, -0.2) is 8.42 Å². The zero-order valence-electron chi connectivity index (χ0n) is 5.93. The Hall–Kier alpha value is -0.940. The number of aromatic nitrogens is 1. The Balaban J connectivity index is 3.14. The zero-order valence-corrected chi connectivity index (χ0v) is 6.75. The highest BCUT2D eigenvalue weighted by Gasteiger charge is 2.10. The predicted molar refractivity (Wildman–Crippen MR) is 39.5 cm³/mol. The standard InChI is InChI=1S/C6H7N2O2S/c1-7-11(9,10)6-2-4-8-5-3-6/h2-5H,1H3. The Morgan fingerprint density at radius 3 is 2.36 bits per heavy atom. The number of rotatable bonds is 2. The minimum atomic E-state index is -3.41. The van der Waals surface area contributed by atoms with Gasteiger partial charge in [0.1, 0.15) is 0 Å². The van der Waals surface area contributed by atoms with Crippen molar-refractivity contribution in [3.63, 3.8) is 0 Å². The van der Waals surface area contributed by atoms with Crippen LogP contribution in [0.1, 0.15) is 0 Å². The molecule has 0 bridgehead atoms. The third-order valence-electron chi connectivity index (χ3n) is 1.19. The molecule has 1 aromatic rings. The van der Waals surface area contributed by atoms with Crippen LogP contribution in [0.2, 0.25) is 0 Å². The summed E-state index contributed by atoms with van der Waals surface area (Å²) in [7, 11) is -2.17. The van der Waals surface area contributed by atoms with Gasteiger partial charge >= 0.3 is 0 Å². The molecule has 0 spiro atoms. The molecule has 5 heteroatoms. The maximum absolute atomic E-state index is 11.0. The third kappa shape index (κ3) is 1.75. The molecule has 4 nitrogen and oxygen atoms in total. The molecule has 0 atom stereocenters. The third-order valence-corrected chi connectivity index (χ3v) is 2.54. The minimum Gasteiger partial charge on any atom is -0.265 e. The maximum Gasteiger partial charge on any atom is 0.256 e. The molecule has 0 aliphatic carbocycles. The summed E-state index contributed by atoms with van der Waals surface area (Å²) in [4.78, 5) is 3.86. The van der Waals surface area contributed by atoms with Crippen LogP contribution in [-0.2, 0) is 10.0 Å². The molecule has 0 saturated heterocycles. The SMILES string of the molecule is C[N]S(=O)(=O)c1ccncc1. The Morgan fingerprint density at radius 1 is 1.36 bits per heavy atom. The minimum absolute atomic E-state index is 0.176. The summed E-state index contributed by atoms with van der Waals surface area (Å²) in [5.74, 6) is 0. The summed E-state index contributed by atoms with van der Waals surface area (Å²) >= 11 is 0. The van der Waals surface area contributed by atoms with Crippen LogP contribution in [-0.4, -0.2) is 20.4 Å². The van der Waals surface area contributed by atoms with E-state index in [-0.39, 0.29) is 4.90 Å². The van der Waals surface area contributed by atoms with Crippen LogP contribution >= 0.6 is 0 Å². The second kappa shape index (κ2) is 2.98. The van der Waals surface area contributed by atoms with Crippen molar-refractivity contribution in [2.75, 3.05) is 7.05 Å². The number of hydrogen-bond acceptors (Lipinski definition) is 3. The van der Waals surface area contributed by atoms with Crippen LogP contribution in [0, 0.1) is 0 Å². The molecule has 0 aliphatic rings. The molecular formula is C6H7N2O2S. The van der Waals surface area contributed by atoms with E-state index in [1.165, 1.54) is 31.6 Å². The van der Waals surface area contributed by atoms with Crippen molar-refractivity contribution < 1.29 is 8.42 Å². The summed E-state index contributed by atoms with van der Waals surface area (Å²) in [6.07, 6.45) is 2.83. The van der Waals surface area contributed by atoms with E-state index >= 15 is 0 Å². The van der Waals surface area contributed by atoms with Crippen molar-refractivity contribution in [3.8, 4) is 0 Å². The van der Waals surface area contributed by atoms with Crippen molar-refractivity contribution >= 4 is 10.0 Å². The lowest BCUT2D eigenvalue weighted by Gasteiger charge is -1.97. The van der Waals surface area contributed by atoms with Gasteiger partial charge in [-0.05, 0) is 12.1 Å². The Kier molecular flexibility index (Phi) is 2.21. The average molecular weight is 171 g/mol. The smallest absolute Gasteiger partial charge is 0.256 e. The van der Waals surface area contributed by atoms with Crippen LogP contribution < -0.4 is 4.72 Å². The van der Waals surface area contributed by atoms with Gasteiger partial charge in [0, 0.05) is 19.4 Å². The number of sulfonamides is 1. The summed E-state index contributed by atoms with van der Waals surface area (Å²) in [6, 6.07) is 2.81. The molecule has 0 aromatic carbocycles. The molecular weight excluding hydrogens is 164 g/mol. The van der Waals surface area contributed by atoms with E-state index in [4.69, 9.17) is 0 Å². The lowest BCUT2D eigenvalue weighted by molar-refractivity contribution is 0.587. The predicted octanol–water partition coefficient (Wildman–Crippen LogP) is 0.00450. The first-order valence-electron chi connectivity index (χ1n) is 2.93. The molecule has 0 fully saturated rings. The Morgan fingerprint density at radius 2 is 1.91 bits per heavy atom. The molecule has 11 heavy (non-hydrogen) atoms. The van der Waals surface area contributed by atoms with Crippen molar-refractivity contribution in [1.82, 2.24) is 9.71 Å². The fraction of sp³-hybridized carbons (Fsp3) is 0.167. The van der Waals surface area contributed by atoms with Crippen molar-refractivity contribution in [2.45, 2.75) is 4.90 Å². The molecule has 0 amide bonds. The molecule has 1 heterocycles. The molecule has 1 radical (unpaired) electrons. The van der Waals surface area contributed by atoms with Gasteiger partial charge in [-0.1, -0.05) is 0 Å². The maximum atomic E-state index is 11.0. The van der Waals surface area contributed by atoms with Gasteiger partial charge in [0.25, 0.3) is 10.0 Å². The van der Waals surface area contributed by atoms with Crippen LogP contribution in [0.25, 0.3) is 0 Å². The number of pyridine rings is 1. The second-order valence-corrected chi connectivity index (χ2v) is 3.63. The van der Waals surface area contributed by atoms with Gasteiger partial charge in [0.2, 0.25) is 0 Å². The van der Waals surface area contributed by atoms with Crippen LogP contribution in [0.4, 0.5) is 0 Å². The molecule has 0 saturated carbocycles. The first-order valence-corrected chi connectivity index (χ1v) is 4.37. The first kappa shape index (κ1) is 8.16. The van der Waals surface area contributed by atoms with E-state index in [0.29, 0.717) is 0 Å². The highest BCUT2D eigenvalue weighted by Crippen LogP contribution is 2.04. The average Bonchev–Trinajstić information content (AvgIpc) is 2.06. The second-order valence-electron chi connectivity index (χ2n) is 1.84. The van der Waals surface area contributed by atoms with Gasteiger partial charge in [-0.15, -0.1) is 4.72 Å². The summed E-state index contributed by atoms with van der Waals surface area (Å²) in [6.45, 7) is 0. The first-order chi connectivity index (χ1) is 5.17. The zero-order chi connectivity index (χ0) is 8.32. The molecule has 59 valence electrons. The highest BCUT2D eigenvalue weighted by atomic mass is 32.2. The van der Waals surface area contributed by atoms with Crippen LogP contribution in [0.15, 0.2) is 29.4 Å². The fourth-order valence-corrected chi connectivity index (χ4v) is 1.29. The quantitative estimate of drug-likeness (QED) is 0.629. The van der Waals surface area contributed by atoms with Crippen molar-refractivity contribution in [2.24, 2.45) is 0 Å². The normalized spacial score (nSPS) is 11.4. The lowest BCUT2D eigenvalue weighted by atomic mass is 10.5. The summed E-state index contributed by atoms with van der Waals surface area (Å²) in [5.41, 5.74) is 0. The highest BCUT2D eigenvalue weighted by molar-refractivity contribution is 7.89. The topological polar surface area (TPSA) is 61.1 Å². The van der Waals surface area contributed by atoms with Crippen LogP contribution in [0.5, 0.6) is 0 Å². The van der Waals surface area contributed by atoms with E-state index < -0.39 is 10.0 Å². The van der Waals surface area contributed by atoms with Crippen LogP contribution in [0.3, 0.4) is 0 Å². The molecule has 0 unspecified atom stereocenters. The number of nitrogens with zero attached hydrogens (tertiary/aromatic N) is 2. The number of hydrogen-bond donors (Lipinski definition) is 0. The molecule has 0 aliphatic heterocycles. The molecule has 0 N–H and O–H groups in total. The van der Waals surface area contributed by atoms with Crippen molar-refractivity contribution in [1.29, 1.82) is 0 Å². The summed E-state index contributed by atoms with van der Waals surface area (Å²) < 4.78 is 25.2. The Labute approximate surface area is 65.3 Å². The molecule has 1 aromatic heterocycles. The van der Waals surface area contributed by atoms with Gasteiger partial charge in [-0.3, -0.25) is 4.98 Å². The van der Waals surface area contributed by atoms with E-state index in [2.05, 4.69) is 9.71 Å². The van der Waals surface area contributed by atoms with Gasteiger partial charge in [-0.2, -0.15) is 0 Å². The van der Waals surface area contributed by atoms with Crippen molar-refractivity contribution in [3.05, 3.63) is 24.5 Å². The fourth-order valence-electron chi connectivity index (χ4n) is 0.616. The van der Waals surface area contributed by atoms with E-state index in [1.807, 2.05) is 0 Å². The van der Waals surface area contributed by atoms with E-state index in [1.54, 1.807) is 0 Å². The monoisotopic (exact) mass is 171 g/mol. The summed E-state index contributed by atoms with van der Waals surface area (Å²) in [5, 5.41) is 0. The van der Waals surface area contributed by atoms with E-state index in [9.17, 15) is 8.42 Å².